The van der Waals surface area contributed by atoms with Crippen LogP contribution in [0.25, 0.3) is 0 Å². The molecule has 0 aromatic heterocycles. The highest BCUT2D eigenvalue weighted by atomic mass is 35.5. The van der Waals surface area contributed by atoms with E-state index in [4.69, 9.17) is 27.6 Å². The third kappa shape index (κ3) is 3.41. The van der Waals surface area contributed by atoms with Gasteiger partial charge in [-0.15, -0.1) is 0 Å². The summed E-state index contributed by atoms with van der Waals surface area (Å²) in [6.07, 6.45) is 10.4. The first-order chi connectivity index (χ1) is 8.33. The van der Waals surface area contributed by atoms with Crippen LogP contribution in [-0.2, 0) is 4.43 Å². The SMILES string of the molecule is C[Si](C)(C)O[C@]1(C2=CCCCC2)C[C@@H]1C=C(Cl)Cl. The quantitative estimate of drug-likeness (QED) is 0.498. The van der Waals surface area contributed by atoms with Gasteiger partial charge in [0.15, 0.2) is 8.32 Å². The predicted molar refractivity (Wildman–Crippen MR) is 81.6 cm³/mol. The lowest BCUT2D eigenvalue weighted by Gasteiger charge is -2.31. The van der Waals surface area contributed by atoms with Crippen molar-refractivity contribution >= 4 is 31.5 Å². The monoisotopic (exact) mass is 304 g/mol. The van der Waals surface area contributed by atoms with Crippen molar-refractivity contribution < 1.29 is 4.43 Å². The van der Waals surface area contributed by atoms with Gasteiger partial charge in [0, 0.05) is 5.92 Å². The summed E-state index contributed by atoms with van der Waals surface area (Å²) < 4.78 is 6.87. The van der Waals surface area contributed by atoms with Gasteiger partial charge in [0.2, 0.25) is 0 Å². The van der Waals surface area contributed by atoms with Crippen LogP contribution in [0.4, 0.5) is 0 Å². The average Bonchev–Trinajstić information content (AvgIpc) is 2.90. The molecule has 0 spiro atoms. The zero-order chi connectivity index (χ0) is 13.4. The van der Waals surface area contributed by atoms with E-state index in [1.165, 1.54) is 31.3 Å². The van der Waals surface area contributed by atoms with Crippen LogP contribution in [0.1, 0.15) is 32.1 Å². The van der Waals surface area contributed by atoms with Gasteiger partial charge < -0.3 is 4.43 Å². The molecular formula is C14H22Cl2OSi. The average molecular weight is 305 g/mol. The first kappa shape index (κ1) is 14.6. The molecule has 0 aliphatic heterocycles. The van der Waals surface area contributed by atoms with Crippen LogP contribution in [0, 0.1) is 5.92 Å². The summed E-state index contributed by atoms with van der Waals surface area (Å²) >= 11 is 11.6. The van der Waals surface area contributed by atoms with Gasteiger partial charge in [0.25, 0.3) is 0 Å². The Hall–Kier alpha value is 0.237. The van der Waals surface area contributed by atoms with Gasteiger partial charge in [-0.25, -0.2) is 0 Å². The zero-order valence-corrected chi connectivity index (χ0v) is 13.9. The molecule has 1 fully saturated rings. The second-order valence-corrected chi connectivity index (χ2v) is 11.8. The first-order valence-corrected chi connectivity index (χ1v) is 10.9. The molecule has 0 aromatic rings. The number of allylic oxidation sites excluding steroid dienone is 1. The van der Waals surface area contributed by atoms with Crippen molar-refractivity contribution in [2.45, 2.75) is 57.3 Å². The van der Waals surface area contributed by atoms with E-state index in [9.17, 15) is 0 Å². The predicted octanol–water partition coefficient (Wildman–Crippen LogP) is 5.42. The summed E-state index contributed by atoms with van der Waals surface area (Å²) in [5.41, 5.74) is 1.42. The molecule has 2 aliphatic carbocycles. The highest BCUT2D eigenvalue weighted by molar-refractivity contribution is 6.69. The largest absolute Gasteiger partial charge is 0.408 e. The Morgan fingerprint density at radius 1 is 1.39 bits per heavy atom. The Morgan fingerprint density at radius 2 is 2.11 bits per heavy atom. The molecule has 0 heterocycles. The van der Waals surface area contributed by atoms with E-state index in [0.29, 0.717) is 10.4 Å². The minimum Gasteiger partial charge on any atom is -0.408 e. The van der Waals surface area contributed by atoms with Crippen LogP contribution >= 0.6 is 23.2 Å². The molecule has 1 saturated carbocycles. The molecule has 0 bridgehead atoms. The molecule has 0 saturated heterocycles. The highest BCUT2D eigenvalue weighted by Crippen LogP contribution is 2.57. The van der Waals surface area contributed by atoms with Crippen molar-refractivity contribution in [3.05, 3.63) is 22.2 Å². The molecule has 1 nitrogen and oxygen atoms in total. The van der Waals surface area contributed by atoms with Gasteiger partial charge in [-0.2, -0.15) is 0 Å². The zero-order valence-electron chi connectivity index (χ0n) is 11.4. The van der Waals surface area contributed by atoms with E-state index in [1.54, 1.807) is 0 Å². The maximum absolute atomic E-state index is 6.50. The smallest absolute Gasteiger partial charge is 0.184 e. The van der Waals surface area contributed by atoms with Gasteiger partial charge in [-0.3, -0.25) is 0 Å². The molecule has 102 valence electrons. The third-order valence-electron chi connectivity index (χ3n) is 3.61. The summed E-state index contributed by atoms with van der Waals surface area (Å²) in [7, 11) is -1.56. The van der Waals surface area contributed by atoms with Gasteiger partial charge in [-0.1, -0.05) is 29.3 Å². The summed E-state index contributed by atoms with van der Waals surface area (Å²) in [5, 5.41) is 0. The van der Waals surface area contributed by atoms with Crippen LogP contribution in [0.5, 0.6) is 0 Å². The fourth-order valence-corrected chi connectivity index (χ4v) is 4.70. The maximum atomic E-state index is 6.50. The molecule has 0 aromatic carbocycles. The summed E-state index contributed by atoms with van der Waals surface area (Å²) in [6.45, 7) is 6.75. The Morgan fingerprint density at radius 3 is 2.61 bits per heavy atom. The van der Waals surface area contributed by atoms with Crippen molar-refractivity contribution in [2.24, 2.45) is 5.92 Å². The van der Waals surface area contributed by atoms with Gasteiger partial charge in [-0.05, 0) is 63.4 Å². The highest BCUT2D eigenvalue weighted by Gasteiger charge is 2.58. The van der Waals surface area contributed by atoms with Gasteiger partial charge in [0.1, 0.15) is 4.49 Å². The molecule has 0 N–H and O–H groups in total. The Labute approximate surface area is 121 Å². The van der Waals surface area contributed by atoms with E-state index in [-0.39, 0.29) is 5.60 Å². The normalized spacial score (nSPS) is 31.8. The maximum Gasteiger partial charge on any atom is 0.184 e. The molecule has 4 heteroatoms. The van der Waals surface area contributed by atoms with E-state index in [0.717, 1.165) is 6.42 Å². The Bertz CT molecular complexity index is 380. The number of rotatable bonds is 4. The van der Waals surface area contributed by atoms with E-state index in [1.807, 2.05) is 6.08 Å². The van der Waals surface area contributed by atoms with Crippen molar-refractivity contribution in [1.29, 1.82) is 0 Å². The van der Waals surface area contributed by atoms with Crippen LogP contribution in [0.2, 0.25) is 19.6 Å². The fourth-order valence-electron chi connectivity index (χ4n) is 2.93. The molecule has 18 heavy (non-hydrogen) atoms. The van der Waals surface area contributed by atoms with Crippen molar-refractivity contribution in [3.8, 4) is 0 Å². The number of halogens is 2. The fraction of sp³-hybridized carbons (Fsp3) is 0.714. The van der Waals surface area contributed by atoms with Gasteiger partial charge >= 0.3 is 0 Å². The molecule has 2 aliphatic rings. The summed E-state index contributed by atoms with van der Waals surface area (Å²) in [6, 6.07) is 0. The third-order valence-corrected chi connectivity index (χ3v) is 4.84. The van der Waals surface area contributed by atoms with Crippen LogP contribution < -0.4 is 0 Å². The topological polar surface area (TPSA) is 9.23 Å². The molecule has 0 amide bonds. The second-order valence-electron chi connectivity index (χ2n) is 6.35. The molecule has 0 radical (unpaired) electrons. The number of hydrogen-bond acceptors (Lipinski definition) is 1. The minimum absolute atomic E-state index is 0.0695. The summed E-state index contributed by atoms with van der Waals surface area (Å²) in [5.74, 6) is 0.374. The van der Waals surface area contributed by atoms with Crippen LogP contribution in [0.15, 0.2) is 22.2 Å². The van der Waals surface area contributed by atoms with Crippen molar-refractivity contribution in [1.82, 2.24) is 0 Å². The van der Waals surface area contributed by atoms with Crippen LogP contribution in [0.3, 0.4) is 0 Å². The van der Waals surface area contributed by atoms with Crippen molar-refractivity contribution in [2.75, 3.05) is 0 Å². The van der Waals surface area contributed by atoms with E-state index >= 15 is 0 Å². The Balaban J connectivity index is 2.20. The van der Waals surface area contributed by atoms with E-state index < -0.39 is 8.32 Å². The lowest BCUT2D eigenvalue weighted by Crippen LogP contribution is -2.36. The standard InChI is InChI=1S/C14H22Cl2OSi/c1-18(2,3)17-14(10-12(14)9-13(15)16)11-7-5-4-6-8-11/h7,9,12H,4-6,8,10H2,1-3H3/t12-,14-/m0/s1. The van der Waals surface area contributed by atoms with Crippen molar-refractivity contribution in [3.63, 3.8) is 0 Å². The lowest BCUT2D eigenvalue weighted by atomic mass is 9.93. The lowest BCUT2D eigenvalue weighted by molar-refractivity contribution is 0.190. The second kappa shape index (κ2) is 5.32. The molecule has 2 rings (SSSR count). The van der Waals surface area contributed by atoms with Gasteiger partial charge in [0.05, 0.1) is 5.60 Å². The first-order valence-electron chi connectivity index (χ1n) is 6.76. The minimum atomic E-state index is -1.56. The molecule has 0 unspecified atom stereocenters. The van der Waals surface area contributed by atoms with E-state index in [2.05, 4.69) is 25.7 Å². The summed E-state index contributed by atoms with van der Waals surface area (Å²) in [4.78, 5) is 0. The number of hydrogen-bond donors (Lipinski definition) is 0. The Kier molecular flexibility index (Phi) is 4.32. The molecule has 2 atom stereocenters. The van der Waals surface area contributed by atoms with Crippen LogP contribution in [-0.4, -0.2) is 13.9 Å². The molecular weight excluding hydrogens is 283 g/mol.